The number of carbonyl (C=O) groups excluding carboxylic acids is 1. The van der Waals surface area contributed by atoms with Gasteiger partial charge in [-0.3, -0.25) is 4.79 Å². The van der Waals surface area contributed by atoms with Gasteiger partial charge in [-0.2, -0.15) is 0 Å². The molecule has 0 aliphatic rings. The molecule has 1 N–H and O–H groups in total. The number of ether oxygens (including phenoxy) is 1. The number of esters is 1. The lowest BCUT2D eigenvalue weighted by atomic mass is 10.1. The lowest BCUT2D eigenvalue weighted by molar-refractivity contribution is -0.139. The summed E-state index contributed by atoms with van der Waals surface area (Å²) in [5, 5.41) is 9.30. The number of rotatable bonds is 2. The van der Waals surface area contributed by atoms with Crippen molar-refractivity contribution < 1.29 is 19.4 Å². The fraction of sp³-hybridized carbons (Fsp3) is 0.167. The number of carboxylic acid groups (broad SMARTS) is 1. The molecule has 0 aliphatic carbocycles. The molecule has 0 spiro atoms. The van der Waals surface area contributed by atoms with Crippen molar-refractivity contribution in [3.63, 3.8) is 0 Å². The van der Waals surface area contributed by atoms with Crippen LogP contribution in [0.4, 0.5) is 0 Å². The van der Waals surface area contributed by atoms with Gasteiger partial charge >= 0.3 is 11.9 Å². The Morgan fingerprint density at radius 1 is 1.47 bits per heavy atom. The lowest BCUT2D eigenvalue weighted by Gasteiger charge is -1.99. The lowest BCUT2D eigenvalue weighted by Crippen LogP contribution is -2.00. The van der Waals surface area contributed by atoms with Crippen LogP contribution >= 0.6 is 11.6 Å². The summed E-state index contributed by atoms with van der Waals surface area (Å²) in [6, 6.07) is 4.28. The minimum Gasteiger partial charge on any atom is -0.478 e. The first-order valence-electron chi connectivity index (χ1n) is 4.63. The van der Waals surface area contributed by atoms with Crippen LogP contribution < -0.4 is 0 Å². The van der Waals surface area contributed by atoms with Crippen molar-refractivity contribution in [2.45, 2.75) is 6.42 Å². The topological polar surface area (TPSA) is 63.6 Å². The molecule has 5 heteroatoms. The second-order valence-corrected chi connectivity index (χ2v) is 3.49. The fourth-order valence-electron chi connectivity index (χ4n) is 1.09. The molecular formula is C12H9ClO4. The van der Waals surface area contributed by atoms with Crippen LogP contribution in [0.3, 0.4) is 0 Å². The Kier molecular flexibility index (Phi) is 4.56. The zero-order chi connectivity index (χ0) is 12.8. The first-order valence-corrected chi connectivity index (χ1v) is 5.01. The molecule has 88 valence electrons. The van der Waals surface area contributed by atoms with E-state index in [2.05, 4.69) is 16.6 Å². The minimum absolute atomic E-state index is 0.0479. The van der Waals surface area contributed by atoms with E-state index in [1.165, 1.54) is 25.3 Å². The average molecular weight is 253 g/mol. The van der Waals surface area contributed by atoms with Gasteiger partial charge in [0.1, 0.15) is 6.42 Å². The fourth-order valence-corrected chi connectivity index (χ4v) is 1.26. The number of carbonyl (C=O) groups is 2. The van der Waals surface area contributed by atoms with Crippen molar-refractivity contribution >= 4 is 23.5 Å². The molecule has 0 heterocycles. The summed E-state index contributed by atoms with van der Waals surface area (Å²) in [6.45, 7) is 0. The Labute approximate surface area is 103 Å². The smallest absolute Gasteiger partial charge is 0.336 e. The van der Waals surface area contributed by atoms with Gasteiger partial charge in [0.25, 0.3) is 0 Å². The third kappa shape index (κ3) is 3.82. The van der Waals surface area contributed by atoms with Crippen LogP contribution in [0.1, 0.15) is 22.3 Å². The van der Waals surface area contributed by atoms with Gasteiger partial charge < -0.3 is 9.84 Å². The third-order valence-electron chi connectivity index (χ3n) is 1.90. The van der Waals surface area contributed by atoms with E-state index < -0.39 is 11.9 Å². The van der Waals surface area contributed by atoms with Crippen LogP contribution in [0.15, 0.2) is 18.2 Å². The molecule has 1 rings (SSSR count). The van der Waals surface area contributed by atoms with Gasteiger partial charge in [0, 0.05) is 10.6 Å². The highest BCUT2D eigenvalue weighted by atomic mass is 35.5. The number of benzene rings is 1. The van der Waals surface area contributed by atoms with E-state index in [9.17, 15) is 9.59 Å². The normalized spacial score (nSPS) is 9.06. The van der Waals surface area contributed by atoms with Crippen molar-refractivity contribution in [3.05, 3.63) is 34.3 Å². The maximum Gasteiger partial charge on any atom is 0.336 e. The molecule has 0 aliphatic heterocycles. The second-order valence-electron chi connectivity index (χ2n) is 3.05. The Morgan fingerprint density at radius 2 is 2.18 bits per heavy atom. The van der Waals surface area contributed by atoms with Crippen LogP contribution in [-0.4, -0.2) is 24.2 Å². The van der Waals surface area contributed by atoms with Crippen LogP contribution in [-0.2, 0) is 9.53 Å². The van der Waals surface area contributed by atoms with E-state index in [0.29, 0.717) is 5.02 Å². The first-order chi connectivity index (χ1) is 8.04. The summed E-state index contributed by atoms with van der Waals surface area (Å²) in [5.41, 5.74) is 0.320. The molecule has 1 aromatic rings. The highest BCUT2D eigenvalue weighted by Gasteiger charge is 2.08. The molecular weight excluding hydrogens is 244 g/mol. The van der Waals surface area contributed by atoms with Gasteiger partial charge in [-0.25, -0.2) is 4.79 Å². The van der Waals surface area contributed by atoms with Crippen molar-refractivity contribution in [2.24, 2.45) is 0 Å². The van der Waals surface area contributed by atoms with Gasteiger partial charge in [-0.05, 0) is 18.2 Å². The number of halogens is 1. The maximum absolute atomic E-state index is 10.9. The van der Waals surface area contributed by atoms with Gasteiger partial charge in [-0.1, -0.05) is 23.4 Å². The summed E-state index contributed by atoms with van der Waals surface area (Å²) < 4.78 is 4.41. The van der Waals surface area contributed by atoms with Crippen molar-refractivity contribution in [1.82, 2.24) is 0 Å². The number of hydrogen-bond acceptors (Lipinski definition) is 3. The Morgan fingerprint density at radius 3 is 2.76 bits per heavy atom. The van der Waals surface area contributed by atoms with Gasteiger partial charge in [0.05, 0.1) is 12.7 Å². The molecule has 0 saturated heterocycles. The maximum atomic E-state index is 10.9. The summed E-state index contributed by atoms with van der Waals surface area (Å²) >= 11 is 5.74. The predicted molar refractivity (Wildman–Crippen MR) is 61.9 cm³/mol. The molecule has 0 fully saturated rings. The number of hydrogen-bond donors (Lipinski definition) is 1. The summed E-state index contributed by atoms with van der Waals surface area (Å²) in [4.78, 5) is 21.7. The summed E-state index contributed by atoms with van der Waals surface area (Å²) in [5.74, 6) is 3.54. The summed E-state index contributed by atoms with van der Waals surface area (Å²) in [6.07, 6.45) is -0.0952. The highest BCUT2D eigenvalue weighted by Crippen LogP contribution is 2.15. The van der Waals surface area contributed by atoms with Gasteiger partial charge in [0.15, 0.2) is 0 Å². The molecule has 4 nitrogen and oxygen atoms in total. The van der Waals surface area contributed by atoms with Crippen LogP contribution in [0, 0.1) is 11.8 Å². The molecule has 0 bridgehead atoms. The summed E-state index contributed by atoms with van der Waals surface area (Å²) in [7, 11) is 1.26. The SMILES string of the molecule is COC(=O)CC#Cc1cc(Cl)ccc1C(=O)O. The molecule has 17 heavy (non-hydrogen) atoms. The van der Waals surface area contributed by atoms with E-state index in [1.54, 1.807) is 0 Å². The molecule has 0 atom stereocenters. The zero-order valence-corrected chi connectivity index (χ0v) is 9.75. The first kappa shape index (κ1) is 13.1. The Balaban J connectivity index is 3.00. The molecule has 0 saturated carbocycles. The van der Waals surface area contributed by atoms with E-state index in [1.807, 2.05) is 0 Å². The van der Waals surface area contributed by atoms with Crippen molar-refractivity contribution in [1.29, 1.82) is 0 Å². The third-order valence-corrected chi connectivity index (χ3v) is 2.13. The van der Waals surface area contributed by atoms with E-state index >= 15 is 0 Å². The van der Waals surface area contributed by atoms with Crippen molar-refractivity contribution in [2.75, 3.05) is 7.11 Å². The number of carboxylic acids is 1. The van der Waals surface area contributed by atoms with Crippen LogP contribution in [0.25, 0.3) is 0 Å². The van der Waals surface area contributed by atoms with E-state index in [-0.39, 0.29) is 17.5 Å². The second kappa shape index (κ2) is 5.92. The van der Waals surface area contributed by atoms with E-state index in [4.69, 9.17) is 16.7 Å². The molecule has 1 aromatic carbocycles. The standard InChI is InChI=1S/C12H9ClO4/c1-17-11(14)4-2-3-8-7-9(13)5-6-10(8)12(15)16/h5-7H,4H2,1H3,(H,15,16). The molecule has 0 amide bonds. The molecule has 0 aromatic heterocycles. The van der Waals surface area contributed by atoms with Crippen LogP contribution in [0.5, 0.6) is 0 Å². The quantitative estimate of drug-likeness (QED) is 0.645. The molecule has 0 unspecified atom stereocenters. The number of methoxy groups -OCH3 is 1. The zero-order valence-electron chi connectivity index (χ0n) is 8.99. The average Bonchev–Trinajstić information content (AvgIpc) is 2.28. The minimum atomic E-state index is -1.09. The highest BCUT2D eigenvalue weighted by molar-refractivity contribution is 6.30. The van der Waals surface area contributed by atoms with Crippen molar-refractivity contribution in [3.8, 4) is 11.8 Å². The largest absolute Gasteiger partial charge is 0.478 e. The van der Waals surface area contributed by atoms with Crippen LogP contribution in [0.2, 0.25) is 5.02 Å². The number of aromatic carboxylic acids is 1. The predicted octanol–water partition coefficient (Wildman–Crippen LogP) is 1.95. The van der Waals surface area contributed by atoms with E-state index in [0.717, 1.165) is 0 Å². The monoisotopic (exact) mass is 252 g/mol. The Hall–Kier alpha value is -1.99. The molecule has 0 radical (unpaired) electrons. The van der Waals surface area contributed by atoms with Gasteiger partial charge in [-0.15, -0.1) is 0 Å². The Bertz CT molecular complexity index is 511. The van der Waals surface area contributed by atoms with Gasteiger partial charge in [0.2, 0.25) is 0 Å².